The number of unbranched alkanes of at least 4 members (excludes halogenated alkanes) is 11. The average molecular weight is 480 g/mol. The van der Waals surface area contributed by atoms with Gasteiger partial charge in [0.25, 0.3) is 0 Å². The molecule has 7 N–H and O–H groups in total. The molecule has 0 radical (unpaired) electrons. The maximum absolute atomic E-state index is 11.3. The number of aliphatic hydroxyl groups is 5. The molecule has 0 heterocycles. The fraction of sp³-hybridized carbons (Fsp3) is 0.917. The molecule has 0 amide bonds. The number of ether oxygens (including phenoxy) is 1. The normalized spacial score (nSPS) is 14.5. The first-order chi connectivity index (χ1) is 15.8. The third-order valence-electron chi connectivity index (χ3n) is 5.25. The smallest absolute Gasteiger partial charge is 0.345 e. The number of hydrogen-bond donors (Lipinski definition) is 6. The molecule has 0 aromatic heterocycles. The summed E-state index contributed by atoms with van der Waals surface area (Å²) in [6.45, 7) is 4.21. The minimum Gasteiger partial charge on any atom is -0.394 e. The molecular formula is C24H49NO8. The van der Waals surface area contributed by atoms with Gasteiger partial charge in [0.15, 0.2) is 6.10 Å². The molecule has 9 heteroatoms. The Morgan fingerprint density at radius 1 is 0.727 bits per heavy atom. The van der Waals surface area contributed by atoms with Crippen LogP contribution < -0.4 is 5.73 Å². The van der Waals surface area contributed by atoms with Crippen molar-refractivity contribution in [3.8, 4) is 0 Å². The number of carbonyl (C=O) groups excluding carboxylic acids is 2. The van der Waals surface area contributed by atoms with Crippen LogP contribution in [0.5, 0.6) is 0 Å². The number of nitrogens with two attached hydrogens (primary N) is 1. The van der Waals surface area contributed by atoms with Crippen LogP contribution >= 0.6 is 0 Å². The lowest BCUT2D eigenvalue weighted by Gasteiger charge is -2.24. The highest BCUT2D eigenvalue weighted by Crippen LogP contribution is 2.10. The predicted molar refractivity (Wildman–Crippen MR) is 127 cm³/mol. The van der Waals surface area contributed by atoms with Crippen molar-refractivity contribution in [3.63, 3.8) is 0 Å². The van der Waals surface area contributed by atoms with Gasteiger partial charge >= 0.3 is 11.9 Å². The van der Waals surface area contributed by atoms with Crippen LogP contribution in [0.1, 0.15) is 104 Å². The summed E-state index contributed by atoms with van der Waals surface area (Å²) in [6, 6.07) is 0. The minimum atomic E-state index is -2.19. The molecule has 0 aliphatic rings. The second-order valence-corrected chi connectivity index (χ2v) is 8.40. The standard InChI is InChI=1S/C12H27N.C12H22O8/c1-2-3-4-5-6-7-8-9-10-11-12-13;1-2-3-4-5-8(15)20-12(19)11(18)10(17)9(16)7(14)6-13/h2-13H2,1H3;7,9-11,13-14,16-18H,2-6H2,1H3/t;7-,9-,10+,11-/m.1/s1. The van der Waals surface area contributed by atoms with E-state index in [0.717, 1.165) is 19.4 Å². The van der Waals surface area contributed by atoms with Crippen molar-refractivity contribution in [3.05, 3.63) is 0 Å². The molecule has 0 aliphatic carbocycles. The van der Waals surface area contributed by atoms with E-state index < -0.39 is 43.0 Å². The highest BCUT2D eigenvalue weighted by atomic mass is 16.6. The van der Waals surface area contributed by atoms with Gasteiger partial charge in [-0.3, -0.25) is 4.79 Å². The minimum absolute atomic E-state index is 0.00418. The average Bonchev–Trinajstić information content (AvgIpc) is 2.81. The fourth-order valence-corrected chi connectivity index (χ4v) is 3.04. The van der Waals surface area contributed by atoms with Crippen molar-refractivity contribution in [1.82, 2.24) is 0 Å². The van der Waals surface area contributed by atoms with Crippen LogP contribution in [0, 0.1) is 0 Å². The topological polar surface area (TPSA) is 171 Å². The summed E-state index contributed by atoms with van der Waals surface area (Å²) < 4.78 is 4.30. The van der Waals surface area contributed by atoms with Gasteiger partial charge in [-0.1, -0.05) is 84.5 Å². The lowest BCUT2D eigenvalue weighted by atomic mass is 10.0. The summed E-state index contributed by atoms with van der Waals surface area (Å²) in [6.07, 6.45) is 8.20. The van der Waals surface area contributed by atoms with Gasteiger partial charge in [-0.25, -0.2) is 4.79 Å². The molecule has 9 nitrogen and oxygen atoms in total. The zero-order chi connectivity index (χ0) is 25.5. The number of rotatable bonds is 19. The van der Waals surface area contributed by atoms with Gasteiger partial charge in [0, 0.05) is 6.42 Å². The molecule has 198 valence electrons. The maximum Gasteiger partial charge on any atom is 0.345 e. The Morgan fingerprint density at radius 2 is 1.18 bits per heavy atom. The van der Waals surface area contributed by atoms with Crippen LogP contribution in [-0.2, 0) is 14.3 Å². The highest BCUT2D eigenvalue weighted by molar-refractivity contribution is 5.88. The van der Waals surface area contributed by atoms with E-state index in [9.17, 15) is 24.9 Å². The molecule has 0 fully saturated rings. The molecule has 0 aromatic rings. The summed E-state index contributed by atoms with van der Waals surface area (Å²) in [5, 5.41) is 45.7. The molecular weight excluding hydrogens is 430 g/mol. The number of esters is 2. The van der Waals surface area contributed by atoms with Crippen LogP contribution in [0.2, 0.25) is 0 Å². The molecule has 0 aliphatic heterocycles. The Kier molecular flexibility index (Phi) is 24.8. The lowest BCUT2D eigenvalue weighted by molar-refractivity contribution is -0.176. The number of aliphatic hydroxyl groups excluding tert-OH is 5. The summed E-state index contributed by atoms with van der Waals surface area (Å²) in [5.74, 6) is -2.25. The van der Waals surface area contributed by atoms with Gasteiger partial charge in [0.2, 0.25) is 0 Å². The van der Waals surface area contributed by atoms with E-state index in [1.165, 1.54) is 64.2 Å². The van der Waals surface area contributed by atoms with Crippen molar-refractivity contribution in [2.24, 2.45) is 5.73 Å². The Hall–Kier alpha value is -1.10. The zero-order valence-corrected chi connectivity index (χ0v) is 20.7. The van der Waals surface area contributed by atoms with Crippen molar-refractivity contribution < 1.29 is 39.9 Å². The highest BCUT2D eigenvalue weighted by Gasteiger charge is 2.35. The Balaban J connectivity index is 0. The second-order valence-electron chi connectivity index (χ2n) is 8.40. The molecule has 33 heavy (non-hydrogen) atoms. The maximum atomic E-state index is 11.3. The van der Waals surface area contributed by atoms with Crippen molar-refractivity contribution in [2.75, 3.05) is 13.2 Å². The van der Waals surface area contributed by atoms with E-state index in [0.29, 0.717) is 6.42 Å². The number of hydrogen-bond acceptors (Lipinski definition) is 9. The van der Waals surface area contributed by atoms with Crippen molar-refractivity contribution >= 4 is 11.9 Å². The molecule has 0 aromatic carbocycles. The van der Waals surface area contributed by atoms with Crippen LogP contribution in [0.25, 0.3) is 0 Å². The van der Waals surface area contributed by atoms with E-state index in [-0.39, 0.29) is 6.42 Å². The zero-order valence-electron chi connectivity index (χ0n) is 20.7. The van der Waals surface area contributed by atoms with Gasteiger partial charge in [-0.05, 0) is 19.4 Å². The second kappa shape index (κ2) is 24.0. The van der Waals surface area contributed by atoms with Crippen molar-refractivity contribution in [2.45, 2.75) is 128 Å². The molecule has 0 spiro atoms. The van der Waals surface area contributed by atoms with Crippen molar-refractivity contribution in [1.29, 1.82) is 0 Å². The molecule has 0 saturated carbocycles. The van der Waals surface area contributed by atoms with Gasteiger partial charge in [0.1, 0.15) is 18.3 Å². The third kappa shape index (κ3) is 20.0. The van der Waals surface area contributed by atoms with Crippen LogP contribution in [0.3, 0.4) is 0 Å². The fourth-order valence-electron chi connectivity index (χ4n) is 3.04. The Labute approximate surface area is 199 Å². The number of carbonyl (C=O) groups is 2. The van der Waals surface area contributed by atoms with Crippen LogP contribution in [0.15, 0.2) is 0 Å². The van der Waals surface area contributed by atoms with Gasteiger partial charge in [-0.15, -0.1) is 0 Å². The monoisotopic (exact) mass is 479 g/mol. The van der Waals surface area contributed by atoms with Gasteiger partial charge in [0.05, 0.1) is 6.61 Å². The summed E-state index contributed by atoms with van der Waals surface area (Å²) in [4.78, 5) is 22.6. The quantitative estimate of drug-likeness (QED) is 0.0920. The lowest BCUT2D eigenvalue weighted by Crippen LogP contribution is -2.49. The first-order valence-corrected chi connectivity index (χ1v) is 12.5. The first kappa shape index (κ1) is 34.1. The SMILES string of the molecule is CCCCCC(=O)OC(=O)[C@H](O)[C@@H](O)[C@H](O)[C@H](O)CO.CCCCCCCCCCCCN. The van der Waals surface area contributed by atoms with E-state index in [1.807, 2.05) is 6.92 Å². The van der Waals surface area contributed by atoms with E-state index >= 15 is 0 Å². The largest absolute Gasteiger partial charge is 0.394 e. The van der Waals surface area contributed by atoms with E-state index in [1.54, 1.807) is 0 Å². The van der Waals surface area contributed by atoms with Crippen LogP contribution in [-0.4, -0.2) is 75.0 Å². The van der Waals surface area contributed by atoms with Gasteiger partial charge in [-0.2, -0.15) is 0 Å². The van der Waals surface area contributed by atoms with Crippen LogP contribution in [0.4, 0.5) is 0 Å². The Bertz CT molecular complexity index is 454. The molecule has 0 unspecified atom stereocenters. The molecule has 0 bridgehead atoms. The Morgan fingerprint density at radius 3 is 1.64 bits per heavy atom. The molecule has 0 rings (SSSR count). The van der Waals surface area contributed by atoms with E-state index in [4.69, 9.17) is 15.9 Å². The molecule has 4 atom stereocenters. The predicted octanol–water partition coefficient (Wildman–Crippen LogP) is 1.94. The summed E-state index contributed by atoms with van der Waals surface area (Å²) >= 11 is 0. The summed E-state index contributed by atoms with van der Waals surface area (Å²) in [5.41, 5.74) is 5.42. The molecule has 0 saturated heterocycles. The van der Waals surface area contributed by atoms with E-state index in [2.05, 4.69) is 11.7 Å². The summed E-state index contributed by atoms with van der Waals surface area (Å²) in [7, 11) is 0. The van der Waals surface area contributed by atoms with Gasteiger partial charge < -0.3 is 36.0 Å². The third-order valence-corrected chi connectivity index (χ3v) is 5.25. The first-order valence-electron chi connectivity index (χ1n) is 12.5.